The van der Waals surface area contributed by atoms with Gasteiger partial charge in [-0.25, -0.2) is 0 Å². The summed E-state index contributed by atoms with van der Waals surface area (Å²) in [6.07, 6.45) is 4.59. The fourth-order valence-electron chi connectivity index (χ4n) is 1.63. The van der Waals surface area contributed by atoms with Crippen LogP contribution in [0, 0.1) is 5.15 Å². The monoisotopic (exact) mass is 279 g/mol. The Labute approximate surface area is 110 Å². The van der Waals surface area contributed by atoms with E-state index >= 15 is 0 Å². The number of likely N-dealkylation sites (tertiary alicyclic amines) is 1. The van der Waals surface area contributed by atoms with Crippen molar-refractivity contribution in [1.29, 1.82) is 5.15 Å². The third-order valence-electron chi connectivity index (χ3n) is 2.53. The van der Waals surface area contributed by atoms with E-state index in [-0.39, 0.29) is 23.7 Å². The molecule has 1 heterocycles. The zero-order valence-electron chi connectivity index (χ0n) is 10.9. The predicted octanol–water partition coefficient (Wildman–Crippen LogP) is 1.53. The second-order valence-corrected chi connectivity index (χ2v) is 4.64. The van der Waals surface area contributed by atoms with Crippen molar-refractivity contribution < 1.29 is 16.1 Å². The summed E-state index contributed by atoms with van der Waals surface area (Å²) in [5.41, 5.74) is 0. The second kappa shape index (κ2) is 9.57. The van der Waals surface area contributed by atoms with Crippen LogP contribution >= 0.6 is 20.8 Å². The van der Waals surface area contributed by atoms with Gasteiger partial charge in [-0.05, 0) is 34.5 Å². The molecule has 1 aliphatic heterocycles. The van der Waals surface area contributed by atoms with Gasteiger partial charge in [0, 0.05) is 19.6 Å². The number of hydrogen-bond acceptors (Lipinski definition) is 5. The lowest BCUT2D eigenvalue weighted by Crippen LogP contribution is -2.32. The summed E-state index contributed by atoms with van der Waals surface area (Å²) in [6, 6.07) is 0. The predicted molar refractivity (Wildman–Crippen MR) is 70.6 cm³/mol. The van der Waals surface area contributed by atoms with E-state index in [1.807, 2.05) is 6.26 Å². The van der Waals surface area contributed by atoms with E-state index in [1.165, 1.54) is 16.7 Å². The molecule has 0 aromatic rings. The highest BCUT2D eigenvalue weighted by molar-refractivity contribution is 8.00. The molecule has 17 heavy (non-hydrogen) atoms. The van der Waals surface area contributed by atoms with Crippen LogP contribution in [0.4, 0.5) is 0 Å². The minimum absolute atomic E-state index is 0.0449. The average molecular weight is 279 g/mol. The van der Waals surface area contributed by atoms with Crippen LogP contribution in [-0.2, 0) is 9.59 Å². The minimum Gasteiger partial charge on any atom is -0.396 e. The molecule has 2 N–H and O–H groups in total. The maximum Gasteiger partial charge on any atom is 0.242 e. The van der Waals surface area contributed by atoms with Crippen LogP contribution in [0.2, 0.25) is 1.41 Å². The van der Waals surface area contributed by atoms with Crippen LogP contribution in [0.3, 0.4) is 0 Å². The molecule has 5 nitrogen and oxygen atoms in total. The van der Waals surface area contributed by atoms with Gasteiger partial charge < -0.3 is 5.11 Å². The number of carbonyl (C=O) groups excluding carboxylic acids is 2. The van der Waals surface area contributed by atoms with Gasteiger partial charge in [0.15, 0.2) is 1.41 Å². The fraction of sp³-hybridized carbons (Fsp3) is 0.800. The molecule has 1 aliphatic rings. The number of imide groups is 1. The number of nitrogens with one attached hydrogen (secondary N) is 1. The van der Waals surface area contributed by atoms with Crippen molar-refractivity contribution in [2.75, 3.05) is 19.4 Å². The maximum atomic E-state index is 11.6. The lowest BCUT2D eigenvalue weighted by atomic mass is 10.2. The van der Waals surface area contributed by atoms with Crippen LogP contribution < -0.4 is 0 Å². The lowest BCUT2D eigenvalue weighted by molar-refractivity contribution is -0.138. The normalized spacial score (nSPS) is 19.8. The number of unbranched alkanes of at least 4 members (excludes halogenated alkanes) is 2. The van der Waals surface area contributed by atoms with E-state index in [9.17, 15) is 9.59 Å². The highest BCUT2D eigenvalue weighted by Gasteiger charge is 2.37. The van der Waals surface area contributed by atoms with E-state index in [2.05, 4.69) is 14.2 Å². The average Bonchev–Trinajstić information content (AvgIpc) is 2.62. The Bertz CT molecular complexity index is 294. The molecule has 0 aliphatic carbocycles. The Hall–Kier alpha value is -0.450. The first-order chi connectivity index (χ1) is 8.62. The van der Waals surface area contributed by atoms with Gasteiger partial charge in [0.2, 0.25) is 11.8 Å². The number of aliphatic hydroxyl groups excluding tert-OH is 1. The van der Waals surface area contributed by atoms with Crippen molar-refractivity contribution in [3.8, 4) is 0 Å². The number of rotatable bonds is 6. The van der Waals surface area contributed by atoms with Gasteiger partial charge in [-0.15, -0.1) is 0 Å². The maximum absolute atomic E-state index is 11.6. The first kappa shape index (κ1) is 14.6. The Morgan fingerprint density at radius 1 is 1.59 bits per heavy atom. The van der Waals surface area contributed by atoms with Gasteiger partial charge in [0.05, 0.1) is 5.25 Å². The van der Waals surface area contributed by atoms with Crippen molar-refractivity contribution in [3.63, 3.8) is 0 Å². The molecule has 0 bridgehead atoms. The van der Waals surface area contributed by atoms with E-state index in [0.29, 0.717) is 13.0 Å². The van der Waals surface area contributed by atoms with Crippen molar-refractivity contribution in [3.05, 3.63) is 0 Å². The minimum atomic E-state index is -0.171. The highest BCUT2D eigenvalue weighted by Crippen LogP contribution is 2.23. The molecule has 0 aromatic carbocycles. The van der Waals surface area contributed by atoms with Gasteiger partial charge in [-0.1, -0.05) is 0 Å². The molecule has 1 atom stereocenters. The lowest BCUT2D eigenvalue weighted by Gasteiger charge is -2.13. The zero-order valence-corrected chi connectivity index (χ0v) is 11.7. The molecule has 2 amide bonds. The molecule has 0 saturated carbocycles. The van der Waals surface area contributed by atoms with Crippen LogP contribution in [0.15, 0.2) is 0 Å². The summed E-state index contributed by atoms with van der Waals surface area (Å²) in [5, 5.41) is 11.0. The topological polar surface area (TPSA) is 81.5 Å². The second-order valence-electron chi connectivity index (χ2n) is 3.60. The number of aliphatic hydroxyl groups is 1. The highest BCUT2D eigenvalue weighted by atomic mass is 32.2. The number of carbonyl (C=O) groups is 2. The number of hydrogen-bond donors (Lipinski definition) is 2. The van der Waals surface area contributed by atoms with Crippen LogP contribution in [0.5, 0.6) is 0 Å². The smallest absolute Gasteiger partial charge is 0.242 e. The van der Waals surface area contributed by atoms with Gasteiger partial charge in [-0.2, -0.15) is 11.8 Å². The first-order valence-corrected chi connectivity index (χ1v) is 7.14. The third kappa shape index (κ3) is 5.15. The van der Waals surface area contributed by atoms with Crippen molar-refractivity contribution in [1.82, 2.24) is 4.90 Å². The molecular weight excluding hydrogens is 259 g/mol. The summed E-state index contributed by atoms with van der Waals surface area (Å²) in [7, 11) is 2.48. The number of thioether (sulfide) groups is 1. The van der Waals surface area contributed by atoms with E-state index in [1.54, 1.807) is 0 Å². The third-order valence-corrected chi connectivity index (χ3v) is 3.46. The first-order valence-electron chi connectivity index (χ1n) is 5.85. The Morgan fingerprint density at radius 3 is 2.71 bits per heavy atom. The molecule has 1 saturated heterocycles. The quantitative estimate of drug-likeness (QED) is 0.439. The van der Waals surface area contributed by atoms with Crippen molar-refractivity contribution in [2.24, 2.45) is 0 Å². The van der Waals surface area contributed by atoms with E-state index in [4.69, 9.17) is 6.52 Å². The molecule has 0 aromatic heterocycles. The molecule has 1 fully saturated rings. The fourth-order valence-corrected chi connectivity index (χ4v) is 2.27. The largest absolute Gasteiger partial charge is 0.396 e. The summed E-state index contributed by atoms with van der Waals surface area (Å²) >= 11 is 1.44. The molecule has 1 unspecified atom stereocenters. The number of nitrogens with zero attached hydrogens (tertiary/aromatic N) is 1. The molecule has 0 radical (unpaired) electrons. The summed E-state index contributed by atoms with van der Waals surface area (Å²) in [4.78, 5) is 24.5. The molecule has 7 heteroatoms. The van der Waals surface area contributed by atoms with E-state index < -0.39 is 0 Å². The Kier molecular flexibility index (Phi) is 8.22. The Balaban J connectivity index is 0.000000873. The molecule has 98 valence electrons. The molecule has 0 spiro atoms. The number of amides is 2. The van der Waals surface area contributed by atoms with Gasteiger partial charge in [0.1, 0.15) is 0 Å². The summed E-state index contributed by atoms with van der Waals surface area (Å²) in [5.74, 6) is -0.0974. The SMILES string of the molecule is CSC1CC(=O)N(CCCCCO)C1=O.[2H]N=P. The van der Waals surface area contributed by atoms with Gasteiger partial charge in [0.25, 0.3) is 0 Å². The molecule has 1 rings (SSSR count). The molecular formula is C10H19N2O3PS. The van der Waals surface area contributed by atoms with Crippen molar-refractivity contribution in [2.45, 2.75) is 30.9 Å². The summed E-state index contributed by atoms with van der Waals surface area (Å²) in [6.45, 7) is 0.685. The van der Waals surface area contributed by atoms with Gasteiger partial charge in [-0.3, -0.25) is 19.6 Å². The van der Waals surface area contributed by atoms with Gasteiger partial charge >= 0.3 is 0 Å². The standard InChI is InChI=1S/C10H17NO3S.H2NP/c1-15-8-7-9(13)11(10(8)14)5-3-2-4-6-12;1-2/h8,12H,2-7H2,1H3;1-2H/i/hD. The zero-order chi connectivity index (χ0) is 14.0. The van der Waals surface area contributed by atoms with E-state index in [0.717, 1.165) is 19.3 Å². The van der Waals surface area contributed by atoms with Crippen molar-refractivity contribution >= 4 is 32.6 Å². The van der Waals surface area contributed by atoms with Crippen LogP contribution in [0.1, 0.15) is 25.7 Å². The Morgan fingerprint density at radius 2 is 2.24 bits per heavy atom. The van der Waals surface area contributed by atoms with Crippen LogP contribution in [-0.4, -0.2) is 46.5 Å². The summed E-state index contributed by atoms with van der Waals surface area (Å²) < 4.78 is 5.75. The van der Waals surface area contributed by atoms with Crippen LogP contribution in [0.25, 0.3) is 0 Å².